The third-order valence-corrected chi connectivity index (χ3v) is 9.86. The van der Waals surface area contributed by atoms with Gasteiger partial charge in [0.25, 0.3) is 0 Å². The van der Waals surface area contributed by atoms with Crippen molar-refractivity contribution < 1.29 is 33.4 Å². The van der Waals surface area contributed by atoms with Crippen LogP contribution in [0.4, 0.5) is 0 Å². The molecule has 0 aliphatic carbocycles. The molecule has 0 radical (unpaired) electrons. The zero-order chi connectivity index (χ0) is 39.0. The highest BCUT2D eigenvalue weighted by Crippen LogP contribution is 2.23. The molecule has 4 rings (SSSR count). The Kier molecular flexibility index (Phi) is 16.7. The lowest BCUT2D eigenvalue weighted by Gasteiger charge is -2.31. The van der Waals surface area contributed by atoms with Crippen molar-refractivity contribution in [2.45, 2.75) is 46.3 Å². The predicted octanol–water partition coefficient (Wildman–Crippen LogP) is 0.0707. The number of rotatable bonds is 14. The summed E-state index contributed by atoms with van der Waals surface area (Å²) in [4.78, 5) is 87.4. The second kappa shape index (κ2) is 21.4. The number of nitrogens with one attached hydrogen (secondary N) is 4. The van der Waals surface area contributed by atoms with Crippen LogP contribution in [0.1, 0.15) is 33.4 Å². The van der Waals surface area contributed by atoms with E-state index in [0.717, 1.165) is 4.70 Å². The average Bonchev–Trinajstić information content (AvgIpc) is 3.13. The summed E-state index contributed by atoms with van der Waals surface area (Å²) in [7, 11) is 0. The Hall–Kier alpha value is -4.55. The monoisotopic (exact) mass is 768 g/mol. The van der Waals surface area contributed by atoms with Crippen LogP contribution in [0.3, 0.4) is 0 Å². The zero-order valence-electron chi connectivity index (χ0n) is 31.5. The number of carbonyl (C=O) groups is 5. The van der Waals surface area contributed by atoms with Gasteiger partial charge in [0.05, 0.1) is 50.5 Å². The Balaban J connectivity index is 1.42. The highest BCUT2D eigenvalue weighted by molar-refractivity contribution is 7.24. The molecule has 3 amide bonds. The molecule has 54 heavy (non-hydrogen) atoms. The third kappa shape index (κ3) is 13.1. The molecular formula is C37H52N8O8S. The number of aromatic nitrogens is 1. The fourth-order valence-electron chi connectivity index (χ4n) is 5.88. The van der Waals surface area contributed by atoms with Crippen LogP contribution in [0.25, 0.3) is 20.3 Å². The average molecular weight is 769 g/mol. The Morgan fingerprint density at radius 3 is 1.81 bits per heavy atom. The third-order valence-electron chi connectivity index (χ3n) is 8.78. The first-order chi connectivity index (χ1) is 26.0. The lowest BCUT2D eigenvalue weighted by molar-refractivity contribution is -0.147. The molecule has 2 aromatic heterocycles. The number of pyridine rings is 1. The maximum atomic E-state index is 13.4. The number of ether oxygens (including phenoxy) is 2. The van der Waals surface area contributed by atoms with Crippen LogP contribution in [0.15, 0.2) is 41.2 Å². The van der Waals surface area contributed by atoms with Gasteiger partial charge in [0.1, 0.15) is 16.9 Å². The van der Waals surface area contributed by atoms with Gasteiger partial charge in [0, 0.05) is 62.4 Å². The molecule has 1 fully saturated rings. The van der Waals surface area contributed by atoms with Crippen molar-refractivity contribution in [2.75, 3.05) is 85.2 Å². The number of nitrogens with zero attached hydrogens (tertiary/aromatic N) is 4. The van der Waals surface area contributed by atoms with E-state index in [4.69, 9.17) is 9.47 Å². The maximum absolute atomic E-state index is 13.4. The molecule has 0 saturated carbocycles. The zero-order valence-corrected chi connectivity index (χ0v) is 32.3. The topological polar surface area (TPSA) is 192 Å². The molecule has 1 saturated heterocycles. The number of amides is 3. The van der Waals surface area contributed by atoms with E-state index in [1.165, 1.54) is 11.3 Å². The SMILES string of the molecule is CCOC(=O)[C@H](C)NC(=O)CN1CCNCCN(CC(=O)N[C@@H](C)C(=O)OCC)CCN(CC(=O)NCc2ccc3c(=O)c4ccccc4sc3n2)CC1. The second-order valence-electron chi connectivity index (χ2n) is 13.0. The molecule has 3 aromatic rings. The maximum Gasteiger partial charge on any atom is 0.328 e. The normalized spacial score (nSPS) is 16.4. The van der Waals surface area contributed by atoms with E-state index in [-0.39, 0.29) is 62.5 Å². The molecule has 1 aliphatic heterocycles. The summed E-state index contributed by atoms with van der Waals surface area (Å²) in [5, 5.41) is 12.9. The van der Waals surface area contributed by atoms with Crippen molar-refractivity contribution >= 4 is 61.3 Å². The summed E-state index contributed by atoms with van der Waals surface area (Å²) in [6.45, 7) is 11.2. The first kappa shape index (κ1) is 42.2. The van der Waals surface area contributed by atoms with Crippen LogP contribution in [-0.4, -0.2) is 147 Å². The Bertz CT molecular complexity index is 1770. The molecular weight excluding hydrogens is 717 g/mol. The lowest BCUT2D eigenvalue weighted by Crippen LogP contribution is -2.51. The molecule has 0 spiro atoms. The molecule has 1 aromatic carbocycles. The molecule has 17 heteroatoms. The van der Waals surface area contributed by atoms with E-state index < -0.39 is 24.0 Å². The highest BCUT2D eigenvalue weighted by atomic mass is 32.1. The summed E-state index contributed by atoms with van der Waals surface area (Å²) in [6.07, 6.45) is 0. The summed E-state index contributed by atoms with van der Waals surface area (Å²) >= 11 is 1.43. The smallest absolute Gasteiger partial charge is 0.328 e. The number of fused-ring (bicyclic) bond motifs is 2. The van der Waals surface area contributed by atoms with E-state index in [1.54, 1.807) is 45.9 Å². The van der Waals surface area contributed by atoms with Gasteiger partial charge < -0.3 is 30.7 Å². The molecule has 2 atom stereocenters. The molecule has 0 bridgehead atoms. The Morgan fingerprint density at radius 2 is 1.26 bits per heavy atom. The Labute approximate surface area is 318 Å². The van der Waals surface area contributed by atoms with Gasteiger partial charge >= 0.3 is 11.9 Å². The van der Waals surface area contributed by atoms with Crippen LogP contribution in [0.5, 0.6) is 0 Å². The number of benzene rings is 1. The van der Waals surface area contributed by atoms with Gasteiger partial charge in [-0.2, -0.15) is 0 Å². The van der Waals surface area contributed by atoms with E-state index in [1.807, 2.05) is 32.9 Å². The number of esters is 2. The van der Waals surface area contributed by atoms with Crippen LogP contribution in [-0.2, 0) is 40.0 Å². The van der Waals surface area contributed by atoms with Crippen molar-refractivity contribution in [3.05, 3.63) is 52.3 Å². The largest absolute Gasteiger partial charge is 0.464 e. The minimum Gasteiger partial charge on any atom is -0.464 e. The van der Waals surface area contributed by atoms with Crippen LogP contribution >= 0.6 is 11.3 Å². The summed E-state index contributed by atoms with van der Waals surface area (Å²) < 4.78 is 10.9. The minimum atomic E-state index is -0.786. The quantitative estimate of drug-likeness (QED) is 0.128. The van der Waals surface area contributed by atoms with E-state index in [9.17, 15) is 28.8 Å². The fourth-order valence-corrected chi connectivity index (χ4v) is 6.94. The second-order valence-corrected chi connectivity index (χ2v) is 14.1. The lowest BCUT2D eigenvalue weighted by atomic mass is 10.2. The molecule has 0 unspecified atom stereocenters. The predicted molar refractivity (Wildman–Crippen MR) is 206 cm³/mol. The molecule has 294 valence electrons. The molecule has 16 nitrogen and oxygen atoms in total. The molecule has 4 N–H and O–H groups in total. The highest BCUT2D eigenvalue weighted by Gasteiger charge is 2.22. The summed E-state index contributed by atoms with van der Waals surface area (Å²) in [6, 6.07) is 9.32. The Morgan fingerprint density at radius 1 is 0.741 bits per heavy atom. The summed E-state index contributed by atoms with van der Waals surface area (Å²) in [5.74, 6) is -1.88. The van der Waals surface area contributed by atoms with Crippen LogP contribution in [0, 0.1) is 0 Å². The van der Waals surface area contributed by atoms with Gasteiger partial charge in [-0.25, -0.2) is 14.6 Å². The van der Waals surface area contributed by atoms with Crippen molar-refractivity contribution in [1.29, 1.82) is 0 Å². The first-order valence-electron chi connectivity index (χ1n) is 18.3. The van der Waals surface area contributed by atoms with Gasteiger partial charge in [-0.05, 0) is 52.0 Å². The first-order valence-corrected chi connectivity index (χ1v) is 19.2. The minimum absolute atomic E-state index is 0.0453. The van der Waals surface area contributed by atoms with Crippen LogP contribution < -0.4 is 26.7 Å². The number of hydrogen-bond donors (Lipinski definition) is 4. The molecule has 1 aliphatic rings. The number of carbonyl (C=O) groups excluding carboxylic acids is 5. The standard InChI is InChI=1S/C37H52N8O8S/c1-5-52-36(50)25(3)40-32(47)23-43-15-13-38-14-16-44(24-33(48)41-26(4)37(51)53-6-2)18-20-45(19-17-43)22-31(46)39-21-27-11-12-29-34(49)28-9-7-8-10-30(28)54-35(29)42-27/h7-12,25-26,38H,5-6,13-24H2,1-4H3,(H,39,46)(H,40,47)(H,41,48)/t25-,26-/m0/s1. The number of hydrogen-bond acceptors (Lipinski definition) is 14. The van der Waals surface area contributed by atoms with E-state index in [2.05, 4.69) is 26.3 Å². The van der Waals surface area contributed by atoms with Crippen molar-refractivity contribution in [3.63, 3.8) is 0 Å². The van der Waals surface area contributed by atoms with Crippen molar-refractivity contribution in [2.24, 2.45) is 0 Å². The van der Waals surface area contributed by atoms with E-state index in [0.29, 0.717) is 73.7 Å². The fraction of sp³-hybridized carbons (Fsp3) is 0.541. The molecule has 3 heterocycles. The van der Waals surface area contributed by atoms with Gasteiger partial charge in [0.2, 0.25) is 17.7 Å². The van der Waals surface area contributed by atoms with Crippen molar-refractivity contribution in [3.8, 4) is 0 Å². The van der Waals surface area contributed by atoms with Crippen LogP contribution in [0.2, 0.25) is 0 Å². The summed E-state index contributed by atoms with van der Waals surface area (Å²) in [5.41, 5.74) is 0.542. The van der Waals surface area contributed by atoms with Gasteiger partial charge in [0.15, 0.2) is 5.43 Å². The van der Waals surface area contributed by atoms with Gasteiger partial charge in [-0.3, -0.25) is 33.9 Å². The van der Waals surface area contributed by atoms with Gasteiger partial charge in [-0.15, -0.1) is 11.3 Å². The van der Waals surface area contributed by atoms with E-state index >= 15 is 0 Å². The van der Waals surface area contributed by atoms with Gasteiger partial charge in [-0.1, -0.05) is 12.1 Å². The van der Waals surface area contributed by atoms with Crippen molar-refractivity contribution in [1.82, 2.24) is 41.0 Å².